The summed E-state index contributed by atoms with van der Waals surface area (Å²) < 4.78 is 5.70. The van der Waals surface area contributed by atoms with E-state index in [1.54, 1.807) is 0 Å². The molecule has 3 heteroatoms. The van der Waals surface area contributed by atoms with E-state index in [1.165, 1.54) is 16.7 Å². The highest BCUT2D eigenvalue weighted by molar-refractivity contribution is 5.79. The molecule has 3 nitrogen and oxygen atoms in total. The van der Waals surface area contributed by atoms with Crippen LogP contribution in [0.4, 0.5) is 0 Å². The Balaban J connectivity index is 1.92. The molecule has 0 aliphatic heterocycles. The highest BCUT2D eigenvalue weighted by atomic mass is 16.5. The molecule has 1 unspecified atom stereocenters. The zero-order chi connectivity index (χ0) is 13.2. The highest BCUT2D eigenvalue weighted by Crippen LogP contribution is 2.43. The van der Waals surface area contributed by atoms with Crippen LogP contribution in [0.15, 0.2) is 42.5 Å². The molecule has 0 spiro atoms. The van der Waals surface area contributed by atoms with E-state index in [0.29, 0.717) is 6.61 Å². The van der Waals surface area contributed by atoms with Gasteiger partial charge in [0.25, 0.3) is 0 Å². The topological polar surface area (TPSA) is 47.3 Å². The van der Waals surface area contributed by atoms with Crippen LogP contribution in [0, 0.1) is 0 Å². The fourth-order valence-corrected chi connectivity index (χ4v) is 2.59. The van der Waals surface area contributed by atoms with Crippen molar-refractivity contribution in [3.8, 4) is 16.9 Å². The second-order valence-corrected chi connectivity index (χ2v) is 4.77. The number of hydrogen-bond donors (Lipinski definition) is 2. The van der Waals surface area contributed by atoms with Crippen molar-refractivity contribution in [2.75, 3.05) is 20.2 Å². The Bertz CT molecular complexity index is 595. The molecule has 1 aliphatic rings. The molecule has 0 saturated heterocycles. The van der Waals surface area contributed by atoms with Gasteiger partial charge in [0.15, 0.2) is 0 Å². The molecule has 3 N–H and O–H groups in total. The van der Waals surface area contributed by atoms with Crippen molar-refractivity contribution in [1.82, 2.24) is 5.32 Å². The molecule has 1 atom stereocenters. The Morgan fingerprint density at radius 1 is 1.11 bits per heavy atom. The maximum atomic E-state index is 6.31. The summed E-state index contributed by atoms with van der Waals surface area (Å²) >= 11 is 0. The Labute approximate surface area is 113 Å². The van der Waals surface area contributed by atoms with Crippen LogP contribution in [0.25, 0.3) is 11.1 Å². The molecule has 0 fully saturated rings. The van der Waals surface area contributed by atoms with Gasteiger partial charge in [0.05, 0.1) is 6.04 Å². The normalized spacial score (nSPS) is 16.0. The monoisotopic (exact) mass is 254 g/mol. The quantitative estimate of drug-likeness (QED) is 0.823. The first-order valence-corrected chi connectivity index (χ1v) is 6.57. The molecule has 0 amide bonds. The first kappa shape index (κ1) is 12.2. The summed E-state index contributed by atoms with van der Waals surface area (Å²) in [7, 11) is 1.92. The van der Waals surface area contributed by atoms with Crippen LogP contribution in [-0.4, -0.2) is 20.2 Å². The van der Waals surface area contributed by atoms with Crippen LogP contribution in [0.3, 0.4) is 0 Å². The van der Waals surface area contributed by atoms with Gasteiger partial charge in [-0.05, 0) is 41.4 Å². The predicted octanol–water partition coefficient (Wildman–Crippen LogP) is 2.31. The number of hydrogen-bond acceptors (Lipinski definition) is 3. The van der Waals surface area contributed by atoms with Gasteiger partial charge in [-0.3, -0.25) is 0 Å². The van der Waals surface area contributed by atoms with Gasteiger partial charge in [-0.2, -0.15) is 0 Å². The number of nitrogens with two attached hydrogens (primary N) is 1. The van der Waals surface area contributed by atoms with Gasteiger partial charge >= 0.3 is 0 Å². The minimum Gasteiger partial charge on any atom is -0.492 e. The number of likely N-dealkylation sites (N-methyl/N-ethyl adjacent to an activating group) is 1. The van der Waals surface area contributed by atoms with Gasteiger partial charge in [-0.15, -0.1) is 0 Å². The Hall–Kier alpha value is -1.84. The van der Waals surface area contributed by atoms with Gasteiger partial charge in [0, 0.05) is 6.54 Å². The summed E-state index contributed by atoms with van der Waals surface area (Å²) in [5.74, 6) is 0.886. The summed E-state index contributed by atoms with van der Waals surface area (Å²) in [6, 6.07) is 14.5. The van der Waals surface area contributed by atoms with Crippen molar-refractivity contribution in [1.29, 1.82) is 0 Å². The molecular formula is C16H18N2O. The van der Waals surface area contributed by atoms with E-state index in [4.69, 9.17) is 10.5 Å². The maximum Gasteiger partial charge on any atom is 0.119 e. The minimum absolute atomic E-state index is 0.0425. The van der Waals surface area contributed by atoms with Crippen LogP contribution in [-0.2, 0) is 0 Å². The molecule has 0 radical (unpaired) electrons. The Morgan fingerprint density at radius 2 is 1.89 bits per heavy atom. The molecule has 0 aromatic heterocycles. The fraction of sp³-hybridized carbons (Fsp3) is 0.250. The molecule has 19 heavy (non-hydrogen) atoms. The molecule has 1 aliphatic carbocycles. The molecule has 3 rings (SSSR count). The molecule has 2 aromatic rings. The fourth-order valence-electron chi connectivity index (χ4n) is 2.59. The lowest BCUT2D eigenvalue weighted by molar-refractivity contribution is 0.318. The van der Waals surface area contributed by atoms with Crippen LogP contribution in [0.5, 0.6) is 5.75 Å². The number of rotatable bonds is 4. The maximum absolute atomic E-state index is 6.31. The zero-order valence-electron chi connectivity index (χ0n) is 11.0. The van der Waals surface area contributed by atoms with Crippen molar-refractivity contribution >= 4 is 0 Å². The van der Waals surface area contributed by atoms with Crippen molar-refractivity contribution < 1.29 is 4.74 Å². The van der Waals surface area contributed by atoms with E-state index >= 15 is 0 Å². The van der Waals surface area contributed by atoms with Crippen LogP contribution in [0.2, 0.25) is 0 Å². The molecule has 0 saturated carbocycles. The summed E-state index contributed by atoms with van der Waals surface area (Å²) in [4.78, 5) is 0. The van der Waals surface area contributed by atoms with E-state index < -0.39 is 0 Å². The second kappa shape index (κ2) is 5.03. The third-order valence-corrected chi connectivity index (χ3v) is 3.56. The summed E-state index contributed by atoms with van der Waals surface area (Å²) in [5, 5.41) is 3.06. The SMILES string of the molecule is CNCCOc1ccc2c(c1)C(N)c1ccccc1-2. The zero-order valence-corrected chi connectivity index (χ0v) is 11.0. The molecule has 2 aromatic carbocycles. The van der Waals surface area contributed by atoms with Gasteiger partial charge in [0.2, 0.25) is 0 Å². The lowest BCUT2D eigenvalue weighted by Gasteiger charge is -2.10. The first-order valence-electron chi connectivity index (χ1n) is 6.57. The Kier molecular flexibility index (Phi) is 3.23. The minimum atomic E-state index is -0.0425. The van der Waals surface area contributed by atoms with Gasteiger partial charge < -0.3 is 15.8 Å². The highest BCUT2D eigenvalue weighted by Gasteiger charge is 2.25. The molecular weight excluding hydrogens is 236 g/mol. The summed E-state index contributed by atoms with van der Waals surface area (Å²) in [5.41, 5.74) is 11.1. The number of benzene rings is 2. The van der Waals surface area contributed by atoms with Crippen LogP contribution >= 0.6 is 0 Å². The predicted molar refractivity (Wildman–Crippen MR) is 77.3 cm³/mol. The second-order valence-electron chi connectivity index (χ2n) is 4.77. The van der Waals surface area contributed by atoms with E-state index in [1.807, 2.05) is 19.2 Å². The van der Waals surface area contributed by atoms with Crippen LogP contribution < -0.4 is 15.8 Å². The van der Waals surface area contributed by atoms with Crippen molar-refractivity contribution in [3.05, 3.63) is 53.6 Å². The largest absolute Gasteiger partial charge is 0.492 e. The van der Waals surface area contributed by atoms with E-state index in [9.17, 15) is 0 Å². The number of nitrogens with one attached hydrogen (secondary N) is 1. The van der Waals surface area contributed by atoms with E-state index in [0.717, 1.165) is 17.9 Å². The van der Waals surface area contributed by atoms with Crippen LogP contribution in [0.1, 0.15) is 17.2 Å². The average Bonchev–Trinajstić information content (AvgIpc) is 2.73. The van der Waals surface area contributed by atoms with Crippen molar-refractivity contribution in [3.63, 3.8) is 0 Å². The third-order valence-electron chi connectivity index (χ3n) is 3.56. The standard InChI is InChI=1S/C16H18N2O/c1-18-8-9-19-11-6-7-13-12-4-2-3-5-14(12)16(17)15(13)10-11/h2-7,10,16,18H,8-9,17H2,1H3. The lowest BCUT2D eigenvalue weighted by Crippen LogP contribution is -2.16. The third kappa shape index (κ3) is 2.11. The molecule has 0 heterocycles. The van der Waals surface area contributed by atoms with Crippen molar-refractivity contribution in [2.45, 2.75) is 6.04 Å². The van der Waals surface area contributed by atoms with Crippen molar-refractivity contribution in [2.24, 2.45) is 5.73 Å². The molecule has 98 valence electrons. The van der Waals surface area contributed by atoms with Gasteiger partial charge in [-0.25, -0.2) is 0 Å². The Morgan fingerprint density at radius 3 is 2.74 bits per heavy atom. The van der Waals surface area contributed by atoms with Gasteiger partial charge in [-0.1, -0.05) is 30.3 Å². The lowest BCUT2D eigenvalue weighted by atomic mass is 10.1. The summed E-state index contributed by atoms with van der Waals surface area (Å²) in [6.45, 7) is 1.50. The first-order chi connectivity index (χ1) is 9.31. The summed E-state index contributed by atoms with van der Waals surface area (Å²) in [6.07, 6.45) is 0. The van der Waals surface area contributed by atoms with E-state index in [-0.39, 0.29) is 6.04 Å². The van der Waals surface area contributed by atoms with E-state index in [2.05, 4.69) is 35.6 Å². The molecule has 0 bridgehead atoms. The number of fused-ring (bicyclic) bond motifs is 3. The smallest absolute Gasteiger partial charge is 0.119 e. The number of ether oxygens (including phenoxy) is 1. The van der Waals surface area contributed by atoms with Gasteiger partial charge in [0.1, 0.15) is 12.4 Å². The average molecular weight is 254 g/mol.